The Hall–Kier alpha value is -4.16. The van der Waals surface area contributed by atoms with Gasteiger partial charge in [-0.15, -0.1) is 11.3 Å². The molecule has 176 valence electrons. The fourth-order valence-corrected chi connectivity index (χ4v) is 4.37. The first-order chi connectivity index (χ1) is 17.0. The van der Waals surface area contributed by atoms with E-state index in [1.54, 1.807) is 37.5 Å². The lowest BCUT2D eigenvalue weighted by Crippen LogP contribution is -2.37. The number of benzene rings is 3. The van der Waals surface area contributed by atoms with Gasteiger partial charge in [-0.3, -0.25) is 9.59 Å². The first-order valence-electron chi connectivity index (χ1n) is 11.2. The molecule has 0 unspecified atom stereocenters. The lowest BCUT2D eigenvalue weighted by atomic mass is 9.95. The number of ether oxygens (including phenoxy) is 1. The molecular weight excluding hydrogens is 456 g/mol. The van der Waals surface area contributed by atoms with Crippen LogP contribution >= 0.6 is 11.3 Å². The van der Waals surface area contributed by atoms with Crippen LogP contribution in [-0.2, 0) is 4.79 Å². The van der Waals surface area contributed by atoms with E-state index in [0.29, 0.717) is 11.3 Å². The van der Waals surface area contributed by atoms with Crippen LogP contribution in [0, 0.1) is 6.92 Å². The minimum absolute atomic E-state index is 0.169. The van der Waals surface area contributed by atoms with Crippen molar-refractivity contribution in [3.63, 3.8) is 0 Å². The summed E-state index contributed by atoms with van der Waals surface area (Å²) in [5, 5.41) is 7.87. The normalized spacial score (nSPS) is 12.0. The number of hydrogen-bond acceptors (Lipinski definition) is 4. The summed E-state index contributed by atoms with van der Waals surface area (Å²) >= 11 is 1.49. The highest BCUT2D eigenvalue weighted by Gasteiger charge is 2.22. The van der Waals surface area contributed by atoms with Crippen molar-refractivity contribution in [2.75, 3.05) is 7.11 Å². The van der Waals surface area contributed by atoms with Crippen molar-refractivity contribution < 1.29 is 14.3 Å². The van der Waals surface area contributed by atoms with Crippen LogP contribution in [0.5, 0.6) is 5.75 Å². The maximum Gasteiger partial charge on any atom is 0.268 e. The molecule has 0 saturated carbocycles. The third-order valence-electron chi connectivity index (χ3n) is 5.58. The number of aryl methyl sites for hydroxylation is 1. The van der Waals surface area contributed by atoms with Crippen LogP contribution < -0.4 is 15.4 Å². The Bertz CT molecular complexity index is 1310. The van der Waals surface area contributed by atoms with Gasteiger partial charge in [0.15, 0.2) is 0 Å². The molecule has 5 nitrogen and oxygen atoms in total. The summed E-state index contributed by atoms with van der Waals surface area (Å²) in [4.78, 5) is 27.5. The topological polar surface area (TPSA) is 67.4 Å². The van der Waals surface area contributed by atoms with Gasteiger partial charge in [-0.1, -0.05) is 60.7 Å². The number of methoxy groups -OCH3 is 1. The highest BCUT2D eigenvalue weighted by atomic mass is 32.1. The average Bonchev–Trinajstić information content (AvgIpc) is 3.41. The Morgan fingerprint density at radius 3 is 2.26 bits per heavy atom. The third kappa shape index (κ3) is 6.05. The fraction of sp³-hybridized carbons (Fsp3) is 0.103. The zero-order valence-electron chi connectivity index (χ0n) is 19.5. The molecule has 0 saturated heterocycles. The Kier molecular flexibility index (Phi) is 7.75. The van der Waals surface area contributed by atoms with Crippen molar-refractivity contribution in [2.24, 2.45) is 0 Å². The molecule has 4 rings (SSSR count). The van der Waals surface area contributed by atoms with E-state index in [0.717, 1.165) is 21.6 Å². The molecular formula is C29H26N2O3S. The lowest BCUT2D eigenvalue weighted by molar-refractivity contribution is -0.118. The zero-order valence-corrected chi connectivity index (χ0v) is 20.3. The quantitative estimate of drug-likeness (QED) is 0.315. The fourth-order valence-electron chi connectivity index (χ4n) is 3.72. The van der Waals surface area contributed by atoms with Gasteiger partial charge in [0, 0.05) is 10.4 Å². The number of hydrogen-bond donors (Lipinski definition) is 2. The molecule has 0 spiro atoms. The number of thiophene rings is 1. The minimum atomic E-state index is -0.380. The molecule has 0 fully saturated rings. The predicted octanol–water partition coefficient (Wildman–Crippen LogP) is 5.74. The Labute approximate surface area is 209 Å². The van der Waals surface area contributed by atoms with E-state index in [9.17, 15) is 9.59 Å². The number of carbonyl (C=O) groups is 2. The van der Waals surface area contributed by atoms with E-state index in [4.69, 9.17) is 4.74 Å². The molecule has 35 heavy (non-hydrogen) atoms. The first kappa shape index (κ1) is 24.0. The van der Waals surface area contributed by atoms with Gasteiger partial charge in [0.1, 0.15) is 11.4 Å². The summed E-state index contributed by atoms with van der Waals surface area (Å²) in [6, 6.07) is 27.9. The van der Waals surface area contributed by atoms with Gasteiger partial charge >= 0.3 is 0 Å². The van der Waals surface area contributed by atoms with Crippen molar-refractivity contribution >= 4 is 29.2 Å². The maximum atomic E-state index is 13.6. The highest BCUT2D eigenvalue weighted by Crippen LogP contribution is 2.25. The standard InChI is InChI=1S/C29H26N2O3S/c1-20-9-6-7-13-25(20)27(21-10-4-3-5-11-21)31-29(33)26(19-24-12-8-18-35-24)30-28(32)22-14-16-23(34-2)17-15-22/h3-19,27H,1-2H3,(H,30,32)(H,31,33)/b26-19-/t27-/m0/s1. The van der Waals surface area contributed by atoms with Gasteiger partial charge < -0.3 is 15.4 Å². The highest BCUT2D eigenvalue weighted by molar-refractivity contribution is 7.10. The summed E-state index contributed by atoms with van der Waals surface area (Å²) in [5.41, 5.74) is 3.60. The Morgan fingerprint density at radius 1 is 0.886 bits per heavy atom. The van der Waals surface area contributed by atoms with Crippen molar-refractivity contribution in [3.05, 3.63) is 129 Å². The maximum absolute atomic E-state index is 13.6. The van der Waals surface area contributed by atoms with Gasteiger partial charge in [0.2, 0.25) is 0 Å². The largest absolute Gasteiger partial charge is 0.497 e. The van der Waals surface area contributed by atoms with E-state index < -0.39 is 0 Å². The van der Waals surface area contributed by atoms with Crippen LogP contribution in [0.15, 0.2) is 102 Å². The molecule has 0 radical (unpaired) electrons. The molecule has 4 aromatic rings. The van der Waals surface area contributed by atoms with E-state index in [1.165, 1.54) is 11.3 Å². The van der Waals surface area contributed by atoms with Gasteiger partial charge in [-0.25, -0.2) is 0 Å². The summed E-state index contributed by atoms with van der Waals surface area (Å²) < 4.78 is 5.17. The van der Waals surface area contributed by atoms with Crippen molar-refractivity contribution in [3.8, 4) is 5.75 Å². The molecule has 1 aromatic heterocycles. The lowest BCUT2D eigenvalue weighted by Gasteiger charge is -2.22. The zero-order chi connectivity index (χ0) is 24.6. The van der Waals surface area contributed by atoms with Crippen LogP contribution in [0.1, 0.15) is 38.0 Å². The van der Waals surface area contributed by atoms with Gasteiger partial charge in [-0.2, -0.15) is 0 Å². The van der Waals surface area contributed by atoms with Crippen molar-refractivity contribution in [2.45, 2.75) is 13.0 Å². The second-order valence-corrected chi connectivity index (χ2v) is 8.91. The van der Waals surface area contributed by atoms with E-state index in [-0.39, 0.29) is 23.6 Å². The minimum Gasteiger partial charge on any atom is -0.497 e. The average molecular weight is 483 g/mol. The Morgan fingerprint density at radius 2 is 1.60 bits per heavy atom. The van der Waals surface area contributed by atoms with Crippen molar-refractivity contribution in [1.82, 2.24) is 10.6 Å². The molecule has 2 amide bonds. The third-order valence-corrected chi connectivity index (χ3v) is 6.40. The molecule has 1 heterocycles. The predicted molar refractivity (Wildman–Crippen MR) is 140 cm³/mol. The van der Waals surface area contributed by atoms with Crippen LogP contribution in [0.3, 0.4) is 0 Å². The van der Waals surface area contributed by atoms with Crippen LogP contribution in [0.2, 0.25) is 0 Å². The monoisotopic (exact) mass is 482 g/mol. The summed E-state index contributed by atoms with van der Waals surface area (Å²) in [6.07, 6.45) is 1.70. The molecule has 6 heteroatoms. The second-order valence-electron chi connectivity index (χ2n) is 7.93. The van der Waals surface area contributed by atoms with Crippen LogP contribution in [0.4, 0.5) is 0 Å². The SMILES string of the molecule is COc1ccc(C(=O)N/C(=C\c2cccs2)C(=O)N[C@@H](c2ccccc2)c2ccccc2C)cc1. The Balaban J connectivity index is 1.65. The van der Waals surface area contributed by atoms with Gasteiger partial charge in [0.25, 0.3) is 11.8 Å². The van der Waals surface area contributed by atoms with E-state index >= 15 is 0 Å². The van der Waals surface area contributed by atoms with Crippen LogP contribution in [0.25, 0.3) is 6.08 Å². The molecule has 1 atom stereocenters. The molecule has 0 aliphatic carbocycles. The molecule has 0 bridgehead atoms. The molecule has 0 aliphatic rings. The van der Waals surface area contributed by atoms with E-state index in [1.807, 2.05) is 79.0 Å². The van der Waals surface area contributed by atoms with E-state index in [2.05, 4.69) is 10.6 Å². The number of amides is 2. The smallest absolute Gasteiger partial charge is 0.268 e. The number of rotatable bonds is 8. The molecule has 2 N–H and O–H groups in total. The first-order valence-corrected chi connectivity index (χ1v) is 12.0. The molecule has 0 aliphatic heterocycles. The summed E-state index contributed by atoms with van der Waals surface area (Å²) in [6.45, 7) is 2.02. The summed E-state index contributed by atoms with van der Waals surface area (Å²) in [5.74, 6) is -0.104. The second kappa shape index (κ2) is 11.3. The summed E-state index contributed by atoms with van der Waals surface area (Å²) in [7, 11) is 1.57. The number of nitrogens with one attached hydrogen (secondary N) is 2. The van der Waals surface area contributed by atoms with Gasteiger partial charge in [-0.05, 0) is 65.4 Å². The van der Waals surface area contributed by atoms with Crippen LogP contribution in [-0.4, -0.2) is 18.9 Å². The molecule has 3 aromatic carbocycles. The number of carbonyl (C=O) groups excluding carboxylic acids is 2. The van der Waals surface area contributed by atoms with Gasteiger partial charge in [0.05, 0.1) is 13.2 Å². The van der Waals surface area contributed by atoms with Crippen molar-refractivity contribution in [1.29, 1.82) is 0 Å².